The smallest absolute Gasteiger partial charge is 0.407 e. The van der Waals surface area contributed by atoms with E-state index >= 15 is 0 Å². The summed E-state index contributed by atoms with van der Waals surface area (Å²) in [7, 11) is 0. The predicted octanol–water partition coefficient (Wildman–Crippen LogP) is 4.41. The lowest BCUT2D eigenvalue weighted by Gasteiger charge is -2.45. The van der Waals surface area contributed by atoms with Gasteiger partial charge < -0.3 is 20.1 Å². The third-order valence-corrected chi connectivity index (χ3v) is 7.13. The molecule has 1 saturated heterocycles. The van der Waals surface area contributed by atoms with Crippen molar-refractivity contribution in [1.82, 2.24) is 10.2 Å². The van der Waals surface area contributed by atoms with Crippen LogP contribution in [-0.4, -0.2) is 53.2 Å². The Labute approximate surface area is 200 Å². The number of aliphatic carboxylic acids is 1. The number of carboxylic acids is 1. The van der Waals surface area contributed by atoms with Crippen molar-refractivity contribution in [2.24, 2.45) is 5.41 Å². The topological polar surface area (TPSA) is 95.9 Å². The first-order valence-electron chi connectivity index (χ1n) is 11.9. The van der Waals surface area contributed by atoms with Gasteiger partial charge in [-0.2, -0.15) is 0 Å². The van der Waals surface area contributed by atoms with E-state index in [2.05, 4.69) is 17.4 Å². The highest BCUT2D eigenvalue weighted by molar-refractivity contribution is 5.90. The van der Waals surface area contributed by atoms with E-state index in [1.165, 1.54) is 4.90 Å². The van der Waals surface area contributed by atoms with Crippen molar-refractivity contribution in [2.75, 3.05) is 13.2 Å². The van der Waals surface area contributed by atoms with Gasteiger partial charge in [0.1, 0.15) is 18.7 Å². The second-order valence-corrected chi connectivity index (χ2v) is 9.80. The van der Waals surface area contributed by atoms with Crippen LogP contribution in [0.15, 0.2) is 48.5 Å². The maximum absolute atomic E-state index is 13.2. The monoisotopic (exact) mass is 464 g/mol. The van der Waals surface area contributed by atoms with Crippen LogP contribution in [-0.2, 0) is 14.3 Å². The molecule has 0 radical (unpaired) electrons. The van der Waals surface area contributed by atoms with Gasteiger partial charge in [0.15, 0.2) is 0 Å². The molecule has 1 fully saturated rings. The van der Waals surface area contributed by atoms with E-state index < -0.39 is 29.6 Å². The normalized spacial score (nSPS) is 19.6. The molecule has 1 aliphatic carbocycles. The number of hydrogen-bond donors (Lipinski definition) is 2. The highest BCUT2D eigenvalue weighted by Gasteiger charge is 2.45. The molecule has 0 saturated carbocycles. The molecule has 2 aliphatic rings. The molecule has 2 unspecified atom stereocenters. The Bertz CT molecular complexity index is 1050. The second-order valence-electron chi connectivity index (χ2n) is 9.80. The maximum Gasteiger partial charge on any atom is 0.407 e. The summed E-state index contributed by atoms with van der Waals surface area (Å²) >= 11 is 0. The van der Waals surface area contributed by atoms with Gasteiger partial charge in [0.25, 0.3) is 0 Å². The molecule has 34 heavy (non-hydrogen) atoms. The molecule has 2 aromatic carbocycles. The summed E-state index contributed by atoms with van der Waals surface area (Å²) in [6, 6.07) is 14.4. The number of piperidine rings is 1. The minimum absolute atomic E-state index is 0.0757. The lowest BCUT2D eigenvalue weighted by Crippen LogP contribution is -2.60. The van der Waals surface area contributed by atoms with Crippen molar-refractivity contribution >= 4 is 18.0 Å². The summed E-state index contributed by atoms with van der Waals surface area (Å²) in [5, 5.41) is 12.5. The Balaban J connectivity index is 1.43. The number of hydrogen-bond acceptors (Lipinski definition) is 4. The van der Waals surface area contributed by atoms with E-state index in [1.807, 2.05) is 50.2 Å². The summed E-state index contributed by atoms with van der Waals surface area (Å²) < 4.78 is 5.59. The fourth-order valence-electron chi connectivity index (χ4n) is 5.42. The van der Waals surface area contributed by atoms with Crippen LogP contribution in [0, 0.1) is 5.41 Å². The van der Waals surface area contributed by atoms with Crippen molar-refractivity contribution in [2.45, 2.75) is 58.0 Å². The first-order chi connectivity index (χ1) is 16.2. The molecular formula is C27H32N2O5. The van der Waals surface area contributed by atoms with Crippen LogP contribution < -0.4 is 5.32 Å². The second kappa shape index (κ2) is 9.49. The number of fused-ring (bicyclic) bond motifs is 3. The zero-order valence-electron chi connectivity index (χ0n) is 19.9. The molecule has 2 N–H and O–H groups in total. The van der Waals surface area contributed by atoms with Crippen molar-refractivity contribution in [3.05, 3.63) is 59.7 Å². The summed E-state index contributed by atoms with van der Waals surface area (Å²) in [6.45, 7) is 6.04. The number of nitrogens with one attached hydrogen (secondary N) is 1. The largest absolute Gasteiger partial charge is 0.480 e. The van der Waals surface area contributed by atoms with Crippen molar-refractivity contribution in [1.29, 1.82) is 0 Å². The quantitative estimate of drug-likeness (QED) is 0.660. The molecular weight excluding hydrogens is 432 g/mol. The molecule has 7 heteroatoms. The van der Waals surface area contributed by atoms with Crippen molar-refractivity contribution in [3.8, 4) is 11.1 Å². The van der Waals surface area contributed by atoms with Gasteiger partial charge in [-0.25, -0.2) is 9.59 Å². The third-order valence-electron chi connectivity index (χ3n) is 7.13. The number of rotatable bonds is 6. The highest BCUT2D eigenvalue weighted by Crippen LogP contribution is 2.44. The van der Waals surface area contributed by atoms with Gasteiger partial charge in [0, 0.05) is 12.5 Å². The first kappa shape index (κ1) is 23.8. The summed E-state index contributed by atoms with van der Waals surface area (Å²) in [6.07, 6.45) is 1.12. The number of carboxylic acid groups (broad SMARTS) is 1. The lowest BCUT2D eigenvalue weighted by atomic mass is 9.76. The van der Waals surface area contributed by atoms with E-state index in [4.69, 9.17) is 4.74 Å². The van der Waals surface area contributed by atoms with E-state index in [9.17, 15) is 19.5 Å². The fourth-order valence-corrected chi connectivity index (χ4v) is 5.42. The van der Waals surface area contributed by atoms with Crippen LogP contribution in [0.3, 0.4) is 0 Å². The van der Waals surface area contributed by atoms with Crippen LogP contribution >= 0.6 is 0 Å². The summed E-state index contributed by atoms with van der Waals surface area (Å²) in [5.41, 5.74) is 3.96. The average molecular weight is 465 g/mol. The van der Waals surface area contributed by atoms with Crippen molar-refractivity contribution < 1.29 is 24.2 Å². The maximum atomic E-state index is 13.2. The van der Waals surface area contributed by atoms with Gasteiger partial charge in [-0.05, 0) is 46.9 Å². The first-order valence-corrected chi connectivity index (χ1v) is 11.9. The van der Waals surface area contributed by atoms with Crippen LogP contribution in [0.5, 0.6) is 0 Å². The standard InChI is InChI=1S/C27H32N2O5/c1-4-22(24(30)29-15-9-14-27(2,3)23(29)25(31)32)28-26(33)34-16-21-19-12-7-5-10-17(19)18-11-6-8-13-20(18)21/h5-8,10-13,21-23H,4,9,14-16H2,1-3H3,(H,28,33)(H,31,32). The molecule has 1 aliphatic heterocycles. The van der Waals surface area contributed by atoms with Crippen LogP contribution in [0.25, 0.3) is 11.1 Å². The third kappa shape index (κ3) is 4.39. The minimum atomic E-state index is -1.02. The lowest BCUT2D eigenvalue weighted by molar-refractivity contribution is -0.159. The average Bonchev–Trinajstić information content (AvgIpc) is 3.13. The number of ether oxygens (including phenoxy) is 1. The molecule has 2 atom stereocenters. The summed E-state index contributed by atoms with van der Waals surface area (Å²) in [4.78, 5) is 39.3. The van der Waals surface area contributed by atoms with Gasteiger partial charge in [-0.3, -0.25) is 4.79 Å². The molecule has 2 amide bonds. The number of alkyl carbamates (subject to hydrolysis) is 1. The molecule has 0 aromatic heterocycles. The number of carbonyl (C=O) groups excluding carboxylic acids is 2. The van der Waals surface area contributed by atoms with Crippen molar-refractivity contribution in [3.63, 3.8) is 0 Å². The highest BCUT2D eigenvalue weighted by atomic mass is 16.5. The molecule has 4 rings (SSSR count). The Morgan fingerprint density at radius 2 is 1.68 bits per heavy atom. The van der Waals surface area contributed by atoms with Crippen LogP contribution in [0.4, 0.5) is 4.79 Å². The number of amides is 2. The molecule has 0 spiro atoms. The summed E-state index contributed by atoms with van der Waals surface area (Å²) in [5.74, 6) is -1.47. The Kier molecular flexibility index (Phi) is 6.64. The molecule has 7 nitrogen and oxygen atoms in total. The Morgan fingerprint density at radius 1 is 1.09 bits per heavy atom. The van der Waals surface area contributed by atoms with E-state index in [-0.39, 0.29) is 18.4 Å². The SMILES string of the molecule is CCC(NC(=O)OCC1c2ccccc2-c2ccccc21)C(=O)N1CCCC(C)(C)C1C(=O)O. The Hall–Kier alpha value is -3.35. The molecule has 180 valence electrons. The number of benzene rings is 2. The van der Waals surface area contributed by atoms with Gasteiger partial charge >= 0.3 is 12.1 Å². The van der Waals surface area contributed by atoms with Gasteiger partial charge in [-0.15, -0.1) is 0 Å². The number of carbonyl (C=O) groups is 3. The zero-order valence-corrected chi connectivity index (χ0v) is 19.9. The molecule has 1 heterocycles. The Morgan fingerprint density at radius 3 is 2.24 bits per heavy atom. The van der Waals surface area contributed by atoms with Crippen LogP contribution in [0.2, 0.25) is 0 Å². The molecule has 0 bridgehead atoms. The van der Waals surface area contributed by atoms with E-state index in [1.54, 1.807) is 6.92 Å². The van der Waals surface area contributed by atoms with E-state index in [0.717, 1.165) is 35.1 Å². The fraction of sp³-hybridized carbons (Fsp3) is 0.444. The predicted molar refractivity (Wildman–Crippen MR) is 128 cm³/mol. The van der Waals surface area contributed by atoms with Crippen LogP contribution in [0.1, 0.15) is 57.1 Å². The number of likely N-dealkylation sites (tertiary alicyclic amines) is 1. The molecule has 2 aromatic rings. The van der Waals surface area contributed by atoms with Gasteiger partial charge in [0.2, 0.25) is 5.91 Å². The van der Waals surface area contributed by atoms with Gasteiger partial charge in [-0.1, -0.05) is 69.3 Å². The minimum Gasteiger partial charge on any atom is -0.480 e. The van der Waals surface area contributed by atoms with E-state index in [0.29, 0.717) is 13.0 Å². The van der Waals surface area contributed by atoms with Gasteiger partial charge in [0.05, 0.1) is 0 Å². The number of nitrogens with zero attached hydrogens (tertiary/aromatic N) is 1. The zero-order chi connectivity index (χ0) is 24.5.